The average Bonchev–Trinajstić information content (AvgIpc) is 4.14. The first-order chi connectivity index (χ1) is 31.6. The second kappa shape index (κ2) is 16.0. The summed E-state index contributed by atoms with van der Waals surface area (Å²) in [5.41, 5.74) is 5.69. The maximum atomic E-state index is 5.13. The summed E-state index contributed by atoms with van der Waals surface area (Å²) < 4.78 is 10.3. The zero-order chi connectivity index (χ0) is 45.5. The fourth-order valence-electron chi connectivity index (χ4n) is 9.75. The minimum absolute atomic E-state index is 0.749. The second-order valence-electron chi connectivity index (χ2n) is 16.4. The van der Waals surface area contributed by atoms with Crippen LogP contribution < -0.4 is 54.7 Å². The number of benzene rings is 7. The highest BCUT2D eigenvalue weighted by molar-refractivity contribution is 6.53. The Balaban J connectivity index is 1.37. The molecule has 0 spiro atoms. The van der Waals surface area contributed by atoms with Crippen molar-refractivity contribution in [3.8, 4) is 68.3 Å². The van der Waals surface area contributed by atoms with Crippen LogP contribution in [-0.2, 0) is 0 Å². The molecule has 0 aliphatic heterocycles. The van der Waals surface area contributed by atoms with E-state index in [0.717, 1.165) is 188 Å². The maximum Gasteiger partial charge on any atom is 0.210 e. The van der Waals surface area contributed by atoms with Gasteiger partial charge in [-0.3, -0.25) is 29.9 Å². The molecule has 0 unspecified atom stereocenters. The van der Waals surface area contributed by atoms with Crippen LogP contribution in [0.3, 0.4) is 0 Å². The van der Waals surface area contributed by atoms with Gasteiger partial charge in [0.2, 0.25) is 195 Å². The first-order valence-electron chi connectivity index (χ1n) is 20.1. The van der Waals surface area contributed by atoms with E-state index >= 15 is 0 Å². The molecular weight excluding hydrogens is 996 g/mol. The van der Waals surface area contributed by atoms with E-state index < -0.39 is 0 Å². The Kier molecular flexibility index (Phi) is 10.8. The Labute approximate surface area is 472 Å². The van der Waals surface area contributed by atoms with E-state index in [0.29, 0.717) is 0 Å². The average molecular weight is 1010 g/mol. The number of H-pyrrole nitrogens is 6. The summed E-state index contributed by atoms with van der Waals surface area (Å²) in [7, 11) is 0. The molecule has 6 N–H and O–H groups in total. The van der Waals surface area contributed by atoms with Gasteiger partial charge in [0.05, 0.1) is 0 Å². The first kappa shape index (κ1) is 44.5. The molecule has 13 aromatic rings. The Morgan fingerprint density at radius 3 is 0.470 bits per heavy atom. The van der Waals surface area contributed by atoms with Gasteiger partial charge in [-0.1, -0.05) is 54.7 Å². The highest BCUT2D eigenvalue weighted by Gasteiger charge is 2.31. The normalized spacial score (nSPS) is 12.4. The van der Waals surface area contributed by atoms with Gasteiger partial charge in [0, 0.05) is 33.4 Å². The van der Waals surface area contributed by atoms with Crippen molar-refractivity contribution in [3.05, 3.63) is 36.4 Å². The van der Waals surface area contributed by atoms with Crippen molar-refractivity contribution in [2.24, 2.45) is 0 Å². The molecule has 24 heteroatoms. The molecule has 13 rings (SSSR count). The number of nitrogens with one attached hydrogen (secondary N) is 6. The quantitative estimate of drug-likeness (QED) is 0.0553. The monoisotopic (exact) mass is 1010 g/mol. The first-order valence-corrected chi connectivity index (χ1v) is 27.0. The standard InChI is InChI=1S/C42H12N12.12Al/c1-2-44-37(43-1)25-13-20-27(39-47-5-6-48-39)15-22-29(41-51-9-10-52-41)18-24-30(42-53-11-12-54-42)17-23-28(40-49-7-8-50-40)16-21-26(38-45-3-4-46-38)14-19(25)31-32(20)34(22)36(24)35(23)33(21)31;;;;;;;;;;;;/h13-18H,(H,43,44)(H,45,46)(H,47,48)(H,49,50)(H,51,52)(H,53,54);;;;;;;;;;;;. The van der Waals surface area contributed by atoms with Gasteiger partial charge in [0.25, 0.3) is 0 Å². The van der Waals surface area contributed by atoms with Crippen molar-refractivity contribution in [1.82, 2.24) is 59.8 Å². The molecule has 0 amide bonds. The highest BCUT2D eigenvalue weighted by atomic mass is 27.1. The number of imidazole rings is 6. The van der Waals surface area contributed by atoms with E-state index in [4.69, 9.17) is 29.9 Å². The van der Waals surface area contributed by atoms with Gasteiger partial charge in [-0.25, -0.2) is 0 Å². The van der Waals surface area contributed by atoms with Crippen LogP contribution in [-0.4, -0.2) is 255 Å². The molecule has 24 radical (unpaired) electrons. The van der Waals surface area contributed by atoms with Crippen LogP contribution >= 0.6 is 0 Å². The summed E-state index contributed by atoms with van der Waals surface area (Å²) >= 11 is 33.5. The van der Waals surface area contributed by atoms with Crippen LogP contribution in [0.15, 0.2) is 36.4 Å². The van der Waals surface area contributed by atoms with Crippen molar-refractivity contribution in [2.75, 3.05) is 0 Å². The third-order valence-electron chi connectivity index (χ3n) is 12.7. The fraction of sp³-hybridized carbons (Fsp3) is 0. The van der Waals surface area contributed by atoms with Gasteiger partial charge in [-0.15, -0.1) is 0 Å². The molecule has 0 fully saturated rings. The van der Waals surface area contributed by atoms with Crippen LogP contribution in [0, 0.1) is 0 Å². The highest BCUT2D eigenvalue weighted by Crippen LogP contribution is 2.56. The van der Waals surface area contributed by atoms with Gasteiger partial charge in [0.15, 0.2) is 0 Å². The van der Waals surface area contributed by atoms with E-state index in [-0.39, 0.29) is 0 Å². The molecule has 0 aliphatic carbocycles. The number of aromatic nitrogens is 12. The molecule has 276 valence electrons. The molecule has 0 saturated heterocycles. The zero-order valence-electron chi connectivity index (χ0n) is 34.1. The third-order valence-corrected chi connectivity index (χ3v) is 20.0. The lowest BCUT2D eigenvalue weighted by Crippen LogP contribution is -2.24. The van der Waals surface area contributed by atoms with E-state index in [1.807, 2.05) is 0 Å². The van der Waals surface area contributed by atoms with E-state index in [1.165, 1.54) is 0 Å². The molecule has 12 nitrogen and oxygen atoms in total. The lowest BCUT2D eigenvalue weighted by molar-refractivity contribution is 1.33. The van der Waals surface area contributed by atoms with E-state index in [9.17, 15) is 0 Å². The minimum atomic E-state index is 0.749. The Morgan fingerprint density at radius 1 is 0.227 bits per heavy atom. The number of hydrogen-bond acceptors (Lipinski definition) is 6. The van der Waals surface area contributed by atoms with E-state index in [2.05, 4.69) is 262 Å². The largest absolute Gasteiger partial charge is 0.362 e. The van der Waals surface area contributed by atoms with Crippen molar-refractivity contribution in [2.45, 2.75) is 0 Å². The summed E-state index contributed by atoms with van der Waals surface area (Å²) in [6.45, 7) is 0. The third kappa shape index (κ3) is 6.52. The van der Waals surface area contributed by atoms with Crippen molar-refractivity contribution < 1.29 is 0 Å². The summed E-state index contributed by atoms with van der Waals surface area (Å²) in [5.74, 6) is 4.50. The number of rotatable bonds is 6. The van der Waals surface area contributed by atoms with Crippen LogP contribution in [0.5, 0.6) is 0 Å². The molecule has 66 heavy (non-hydrogen) atoms. The van der Waals surface area contributed by atoms with Crippen LogP contribution in [0.1, 0.15) is 0 Å². The van der Waals surface area contributed by atoms with E-state index in [1.54, 1.807) is 0 Å². The molecule has 7 aromatic carbocycles. The topological polar surface area (TPSA) is 172 Å². The Morgan fingerprint density at radius 2 is 0.364 bits per heavy atom. The Bertz CT molecular complexity index is 3390. The van der Waals surface area contributed by atoms with Crippen LogP contribution in [0.25, 0.3) is 133 Å². The smallest absolute Gasteiger partial charge is 0.210 e. The predicted molar refractivity (Wildman–Crippen MR) is 275 cm³/mol. The van der Waals surface area contributed by atoms with Gasteiger partial charge < -0.3 is 29.9 Å². The molecule has 6 heterocycles. The van der Waals surface area contributed by atoms with Gasteiger partial charge in [-0.2, -0.15) is 0 Å². The molecule has 0 atom stereocenters. The fourth-order valence-corrected chi connectivity index (χ4v) is 12.2. The van der Waals surface area contributed by atoms with Crippen molar-refractivity contribution >= 4 is 315 Å². The molecule has 0 bridgehead atoms. The summed E-state index contributed by atoms with van der Waals surface area (Å²) in [6.07, 6.45) is 0. The van der Waals surface area contributed by atoms with Gasteiger partial charge in [0.1, 0.15) is 34.9 Å². The second-order valence-corrected chi connectivity index (χ2v) is 23.1. The molecule has 0 saturated carbocycles. The summed E-state index contributed by atoms with van der Waals surface area (Å²) in [5, 5.41) is 12.8. The lowest BCUT2D eigenvalue weighted by Gasteiger charge is -2.26. The summed E-state index contributed by atoms with van der Waals surface area (Å²) in [4.78, 5) is 52.4. The minimum Gasteiger partial charge on any atom is -0.362 e. The van der Waals surface area contributed by atoms with Crippen molar-refractivity contribution in [1.29, 1.82) is 0 Å². The molecule has 0 aliphatic rings. The zero-order valence-corrected chi connectivity index (χ0v) is 47.9. The lowest BCUT2D eigenvalue weighted by atomic mass is 9.76. The molecular formula is C42H12Al12N12. The number of nitrogens with zero attached hydrogens (tertiary/aromatic N) is 6. The van der Waals surface area contributed by atoms with Crippen LogP contribution in [0.4, 0.5) is 0 Å². The predicted octanol–water partition coefficient (Wildman–Crippen LogP) is -5.21. The SMILES string of the molecule is [Al][c]1nc(-c2cc3c(-c4n[c]([Al])[c]([Al])[nH]4)cc4c(-c5n[c]([Al])[c]([Al])[nH]5)cc5c(-c6n[c]([Al])[c]([Al])[nH]6)cc6c(-c7n[c]([Al])[c]([Al])[nH]7)cc7c(-c8n[c]([Al])[c]([Al])[nH]8)cc2c2c3c4c5c6c72)[nH][c]1[Al]. The number of hydrogen-bond donors (Lipinski definition) is 6. The summed E-state index contributed by atoms with van der Waals surface area (Å²) in [6, 6.07) is 13.7. The van der Waals surface area contributed by atoms with Gasteiger partial charge >= 0.3 is 0 Å². The van der Waals surface area contributed by atoms with Crippen LogP contribution in [0.2, 0.25) is 0 Å². The molecule has 6 aromatic heterocycles. The van der Waals surface area contributed by atoms with Gasteiger partial charge in [-0.05, 0) is 101 Å². The van der Waals surface area contributed by atoms with Crippen molar-refractivity contribution in [3.63, 3.8) is 0 Å². The maximum absolute atomic E-state index is 5.13. The number of aromatic amines is 6. The Hall–Kier alpha value is -1.47.